The Bertz CT molecular complexity index is 542. The van der Waals surface area contributed by atoms with Crippen LogP contribution in [0.5, 0.6) is 0 Å². The SMILES string of the molecule is O=C(NCCOCc1ccccc1)C1CCS(=O)(=O)C1. The van der Waals surface area contributed by atoms with Crippen molar-refractivity contribution in [2.24, 2.45) is 5.92 Å². The van der Waals surface area contributed by atoms with E-state index in [0.29, 0.717) is 26.2 Å². The maximum Gasteiger partial charge on any atom is 0.224 e. The second-order valence-electron chi connectivity index (χ2n) is 4.93. The van der Waals surface area contributed by atoms with Crippen molar-refractivity contribution in [1.29, 1.82) is 0 Å². The maximum absolute atomic E-state index is 11.7. The standard InChI is InChI=1S/C14H19NO4S/c16-14(13-6-9-20(17,18)11-13)15-7-8-19-10-12-4-2-1-3-5-12/h1-5,13H,6-11H2,(H,15,16). The highest BCUT2D eigenvalue weighted by molar-refractivity contribution is 7.91. The fraction of sp³-hybridized carbons (Fsp3) is 0.500. The van der Waals surface area contributed by atoms with Crippen molar-refractivity contribution in [1.82, 2.24) is 5.32 Å². The third kappa shape index (κ3) is 4.61. The summed E-state index contributed by atoms with van der Waals surface area (Å²) in [7, 11) is -3.00. The first kappa shape index (κ1) is 15.0. The molecule has 0 aromatic heterocycles. The van der Waals surface area contributed by atoms with E-state index in [-0.39, 0.29) is 17.4 Å². The van der Waals surface area contributed by atoms with Crippen LogP contribution in [0.3, 0.4) is 0 Å². The molecule has 1 amide bonds. The monoisotopic (exact) mass is 297 g/mol. The van der Waals surface area contributed by atoms with E-state index in [9.17, 15) is 13.2 Å². The van der Waals surface area contributed by atoms with Crippen molar-refractivity contribution in [3.8, 4) is 0 Å². The lowest BCUT2D eigenvalue weighted by Gasteiger charge is -2.09. The molecule has 2 rings (SSSR count). The van der Waals surface area contributed by atoms with Gasteiger partial charge in [0.05, 0.1) is 30.6 Å². The van der Waals surface area contributed by atoms with Crippen LogP contribution in [0.1, 0.15) is 12.0 Å². The molecular formula is C14H19NO4S. The minimum absolute atomic E-state index is 0.0241. The Kier molecular flexibility index (Phi) is 5.14. The summed E-state index contributed by atoms with van der Waals surface area (Å²) in [6, 6.07) is 9.78. The molecule has 1 unspecified atom stereocenters. The first-order chi connectivity index (χ1) is 9.57. The Balaban J connectivity index is 1.61. The van der Waals surface area contributed by atoms with E-state index < -0.39 is 15.8 Å². The number of carbonyl (C=O) groups is 1. The fourth-order valence-corrected chi connectivity index (χ4v) is 3.90. The number of rotatable bonds is 6. The molecule has 0 aliphatic carbocycles. The van der Waals surface area contributed by atoms with Crippen LogP contribution in [-0.4, -0.2) is 39.0 Å². The van der Waals surface area contributed by atoms with Gasteiger partial charge in [-0.25, -0.2) is 8.42 Å². The molecule has 1 aliphatic heterocycles. The van der Waals surface area contributed by atoms with E-state index >= 15 is 0 Å². The molecule has 5 nitrogen and oxygen atoms in total. The molecule has 0 bridgehead atoms. The summed E-state index contributed by atoms with van der Waals surface area (Å²) < 4.78 is 28.0. The second-order valence-corrected chi connectivity index (χ2v) is 7.16. The molecular weight excluding hydrogens is 278 g/mol. The van der Waals surface area contributed by atoms with Crippen LogP contribution in [0, 0.1) is 5.92 Å². The van der Waals surface area contributed by atoms with E-state index in [0.717, 1.165) is 5.56 Å². The molecule has 20 heavy (non-hydrogen) atoms. The van der Waals surface area contributed by atoms with E-state index in [4.69, 9.17) is 4.74 Å². The summed E-state index contributed by atoms with van der Waals surface area (Å²) in [5, 5.41) is 2.72. The van der Waals surface area contributed by atoms with Gasteiger partial charge in [0.15, 0.2) is 9.84 Å². The first-order valence-corrected chi connectivity index (χ1v) is 8.49. The minimum Gasteiger partial charge on any atom is -0.375 e. The predicted molar refractivity (Wildman–Crippen MR) is 75.9 cm³/mol. The number of carbonyl (C=O) groups excluding carboxylic acids is 1. The average molecular weight is 297 g/mol. The van der Waals surface area contributed by atoms with Gasteiger partial charge in [-0.05, 0) is 12.0 Å². The van der Waals surface area contributed by atoms with Crippen LogP contribution in [0.4, 0.5) is 0 Å². The van der Waals surface area contributed by atoms with Gasteiger partial charge in [-0.3, -0.25) is 4.79 Å². The van der Waals surface area contributed by atoms with Crippen molar-refractivity contribution in [2.45, 2.75) is 13.0 Å². The highest BCUT2D eigenvalue weighted by Gasteiger charge is 2.32. The molecule has 110 valence electrons. The lowest BCUT2D eigenvalue weighted by molar-refractivity contribution is -0.124. The molecule has 6 heteroatoms. The number of benzene rings is 1. The lowest BCUT2D eigenvalue weighted by atomic mass is 10.1. The van der Waals surface area contributed by atoms with Crippen LogP contribution in [0.25, 0.3) is 0 Å². The average Bonchev–Trinajstić information content (AvgIpc) is 2.80. The Morgan fingerprint density at radius 3 is 2.70 bits per heavy atom. The van der Waals surface area contributed by atoms with Gasteiger partial charge in [-0.15, -0.1) is 0 Å². The number of hydrogen-bond acceptors (Lipinski definition) is 4. The molecule has 1 aromatic rings. The van der Waals surface area contributed by atoms with Gasteiger partial charge < -0.3 is 10.1 Å². The third-order valence-corrected chi connectivity index (χ3v) is 5.03. The van der Waals surface area contributed by atoms with E-state index in [2.05, 4.69) is 5.32 Å². The normalized spacial score (nSPS) is 20.7. The molecule has 0 spiro atoms. The summed E-state index contributed by atoms with van der Waals surface area (Å²) in [6.45, 7) is 1.33. The third-order valence-electron chi connectivity index (χ3n) is 3.26. The molecule has 1 saturated heterocycles. The van der Waals surface area contributed by atoms with Crippen molar-refractivity contribution in [3.63, 3.8) is 0 Å². The van der Waals surface area contributed by atoms with Crippen LogP contribution >= 0.6 is 0 Å². The van der Waals surface area contributed by atoms with Gasteiger partial charge in [0, 0.05) is 6.54 Å². The number of nitrogens with one attached hydrogen (secondary N) is 1. The Labute approximate surface area is 119 Å². The number of amides is 1. The smallest absolute Gasteiger partial charge is 0.224 e. The van der Waals surface area contributed by atoms with Gasteiger partial charge in [-0.1, -0.05) is 30.3 Å². The Morgan fingerprint density at radius 1 is 1.30 bits per heavy atom. The number of hydrogen-bond donors (Lipinski definition) is 1. The molecule has 1 N–H and O–H groups in total. The molecule has 1 aromatic carbocycles. The number of sulfone groups is 1. The molecule has 1 aliphatic rings. The molecule has 0 radical (unpaired) electrons. The van der Waals surface area contributed by atoms with E-state index in [1.54, 1.807) is 0 Å². The number of ether oxygens (including phenoxy) is 1. The van der Waals surface area contributed by atoms with Gasteiger partial charge in [0.2, 0.25) is 5.91 Å². The fourth-order valence-electron chi connectivity index (χ4n) is 2.16. The van der Waals surface area contributed by atoms with Crippen molar-refractivity contribution >= 4 is 15.7 Å². The van der Waals surface area contributed by atoms with E-state index in [1.807, 2.05) is 30.3 Å². The summed E-state index contributed by atoms with van der Waals surface area (Å²) in [6.07, 6.45) is 0.430. The van der Waals surface area contributed by atoms with Gasteiger partial charge in [0.25, 0.3) is 0 Å². The van der Waals surface area contributed by atoms with Crippen LogP contribution in [0.15, 0.2) is 30.3 Å². The summed E-state index contributed by atoms with van der Waals surface area (Å²) in [5.41, 5.74) is 1.08. The molecule has 1 atom stereocenters. The first-order valence-electron chi connectivity index (χ1n) is 6.67. The highest BCUT2D eigenvalue weighted by atomic mass is 32.2. The molecule has 1 heterocycles. The van der Waals surface area contributed by atoms with Crippen LogP contribution in [-0.2, 0) is 26.0 Å². The lowest BCUT2D eigenvalue weighted by Crippen LogP contribution is -2.33. The minimum atomic E-state index is -3.00. The van der Waals surface area contributed by atoms with Crippen LogP contribution in [0.2, 0.25) is 0 Å². The predicted octanol–water partition coefficient (Wildman–Crippen LogP) is 0.754. The maximum atomic E-state index is 11.7. The van der Waals surface area contributed by atoms with Gasteiger partial charge in [-0.2, -0.15) is 0 Å². The van der Waals surface area contributed by atoms with Gasteiger partial charge >= 0.3 is 0 Å². The quantitative estimate of drug-likeness (QED) is 0.787. The van der Waals surface area contributed by atoms with Crippen molar-refractivity contribution in [2.75, 3.05) is 24.7 Å². The largest absolute Gasteiger partial charge is 0.375 e. The highest BCUT2D eigenvalue weighted by Crippen LogP contribution is 2.18. The van der Waals surface area contributed by atoms with E-state index in [1.165, 1.54) is 0 Å². The topological polar surface area (TPSA) is 72.5 Å². The zero-order valence-electron chi connectivity index (χ0n) is 11.2. The Morgan fingerprint density at radius 2 is 2.05 bits per heavy atom. The van der Waals surface area contributed by atoms with Crippen molar-refractivity contribution in [3.05, 3.63) is 35.9 Å². The van der Waals surface area contributed by atoms with Crippen molar-refractivity contribution < 1.29 is 17.9 Å². The zero-order chi connectivity index (χ0) is 14.4. The van der Waals surface area contributed by atoms with Crippen LogP contribution < -0.4 is 5.32 Å². The summed E-state index contributed by atoms with van der Waals surface area (Å²) in [4.78, 5) is 11.7. The molecule has 0 saturated carbocycles. The summed E-state index contributed by atoms with van der Waals surface area (Å²) in [5.74, 6) is -0.484. The molecule has 1 fully saturated rings. The second kappa shape index (κ2) is 6.85. The zero-order valence-corrected chi connectivity index (χ0v) is 12.1. The summed E-state index contributed by atoms with van der Waals surface area (Å²) >= 11 is 0. The Hall–Kier alpha value is -1.40. The van der Waals surface area contributed by atoms with Gasteiger partial charge in [0.1, 0.15) is 0 Å².